The number of fused-ring (bicyclic) bond motifs is 3. The summed E-state index contributed by atoms with van der Waals surface area (Å²) in [6.45, 7) is 2.13. The molecule has 1 aromatic carbocycles. The van der Waals surface area contributed by atoms with Gasteiger partial charge in [0, 0.05) is 24.6 Å². The second-order valence-electron chi connectivity index (χ2n) is 10.2. The standard InChI is InChI=1S/C26H35N3O4/c1-33-26(32)28-14-13-18-11-12-22-23(21(18)16-28)27-24(19-5-3-2-4-6-19)29(22)15-17-7-9-20(10-8-17)25(30)31/h11-12,17,19-20H,2-10,13-16H2,1H3,(H,30,31)/t17-,20-. The summed E-state index contributed by atoms with van der Waals surface area (Å²) >= 11 is 0. The first-order valence-corrected chi connectivity index (χ1v) is 12.6. The molecule has 0 bridgehead atoms. The molecule has 2 fully saturated rings. The van der Waals surface area contributed by atoms with Crippen molar-refractivity contribution < 1.29 is 19.4 Å². The summed E-state index contributed by atoms with van der Waals surface area (Å²) < 4.78 is 7.44. The van der Waals surface area contributed by atoms with Gasteiger partial charge < -0.3 is 19.3 Å². The number of ether oxygens (including phenoxy) is 1. The Labute approximate surface area is 195 Å². The minimum atomic E-state index is -0.647. The van der Waals surface area contributed by atoms with Crippen LogP contribution in [0.3, 0.4) is 0 Å². The highest BCUT2D eigenvalue weighted by molar-refractivity contribution is 5.82. The summed E-state index contributed by atoms with van der Waals surface area (Å²) in [5, 5.41) is 9.38. The van der Waals surface area contributed by atoms with Crippen molar-refractivity contribution in [1.29, 1.82) is 0 Å². The molecular weight excluding hydrogens is 418 g/mol. The van der Waals surface area contributed by atoms with E-state index in [4.69, 9.17) is 9.72 Å². The molecule has 7 heteroatoms. The van der Waals surface area contributed by atoms with Crippen molar-refractivity contribution in [2.24, 2.45) is 11.8 Å². The molecule has 1 amide bonds. The average Bonchev–Trinajstić information content (AvgIpc) is 3.22. The van der Waals surface area contributed by atoms with Crippen LogP contribution in [0.5, 0.6) is 0 Å². The van der Waals surface area contributed by atoms with E-state index in [0.29, 0.717) is 24.9 Å². The Kier molecular flexibility index (Phi) is 6.30. The van der Waals surface area contributed by atoms with Crippen LogP contribution < -0.4 is 0 Å². The van der Waals surface area contributed by atoms with Crippen molar-refractivity contribution in [2.75, 3.05) is 13.7 Å². The zero-order valence-corrected chi connectivity index (χ0v) is 19.6. The number of methoxy groups -OCH3 is 1. The number of imidazole rings is 1. The highest BCUT2D eigenvalue weighted by Gasteiger charge is 2.31. The van der Waals surface area contributed by atoms with Gasteiger partial charge in [-0.2, -0.15) is 0 Å². The molecule has 33 heavy (non-hydrogen) atoms. The third-order valence-corrected chi connectivity index (χ3v) is 8.19. The Morgan fingerprint density at radius 2 is 1.85 bits per heavy atom. The Morgan fingerprint density at radius 3 is 2.55 bits per heavy atom. The number of rotatable bonds is 4. The molecule has 3 aliphatic rings. The van der Waals surface area contributed by atoms with Crippen molar-refractivity contribution >= 4 is 23.1 Å². The van der Waals surface area contributed by atoms with Crippen LogP contribution in [-0.2, 0) is 29.0 Å². The molecule has 2 aliphatic carbocycles. The van der Waals surface area contributed by atoms with Crippen LogP contribution in [0, 0.1) is 11.8 Å². The van der Waals surface area contributed by atoms with E-state index in [1.807, 2.05) is 0 Å². The molecule has 1 N–H and O–H groups in total. The van der Waals surface area contributed by atoms with E-state index in [2.05, 4.69) is 16.7 Å². The van der Waals surface area contributed by atoms with Gasteiger partial charge in [0.05, 0.1) is 30.6 Å². The molecule has 178 valence electrons. The lowest BCUT2D eigenvalue weighted by Crippen LogP contribution is -2.35. The lowest BCUT2D eigenvalue weighted by atomic mass is 9.82. The monoisotopic (exact) mass is 453 g/mol. The zero-order valence-electron chi connectivity index (χ0n) is 19.6. The Bertz CT molecular complexity index is 1030. The number of aliphatic carboxylic acids is 1. The first kappa shape index (κ1) is 22.2. The molecule has 0 spiro atoms. The van der Waals surface area contributed by atoms with E-state index < -0.39 is 5.97 Å². The van der Waals surface area contributed by atoms with Crippen LogP contribution in [-0.4, -0.2) is 45.3 Å². The Morgan fingerprint density at radius 1 is 1.09 bits per heavy atom. The van der Waals surface area contributed by atoms with Gasteiger partial charge in [0.25, 0.3) is 0 Å². The van der Waals surface area contributed by atoms with Crippen LogP contribution >= 0.6 is 0 Å². The van der Waals surface area contributed by atoms with Gasteiger partial charge in [-0.05, 0) is 62.5 Å². The summed E-state index contributed by atoms with van der Waals surface area (Å²) in [6, 6.07) is 4.45. The fourth-order valence-electron chi connectivity index (χ4n) is 6.24. The minimum Gasteiger partial charge on any atom is -0.481 e. The molecule has 7 nitrogen and oxygen atoms in total. The number of benzene rings is 1. The molecule has 0 radical (unpaired) electrons. The van der Waals surface area contributed by atoms with E-state index >= 15 is 0 Å². The van der Waals surface area contributed by atoms with Gasteiger partial charge in [0.2, 0.25) is 0 Å². The first-order valence-electron chi connectivity index (χ1n) is 12.6. The van der Waals surface area contributed by atoms with E-state index in [-0.39, 0.29) is 12.0 Å². The molecule has 2 aromatic rings. The number of carbonyl (C=O) groups excluding carboxylic acids is 1. The summed E-state index contributed by atoms with van der Waals surface area (Å²) in [5.41, 5.74) is 4.65. The van der Waals surface area contributed by atoms with Gasteiger partial charge in [-0.3, -0.25) is 4.79 Å². The summed E-state index contributed by atoms with van der Waals surface area (Å²) in [5.74, 6) is 1.34. The number of aromatic nitrogens is 2. The van der Waals surface area contributed by atoms with Crippen molar-refractivity contribution in [3.8, 4) is 0 Å². The van der Waals surface area contributed by atoms with E-state index in [1.165, 1.54) is 56.1 Å². The van der Waals surface area contributed by atoms with E-state index in [1.54, 1.807) is 4.90 Å². The summed E-state index contributed by atoms with van der Waals surface area (Å²) in [4.78, 5) is 30.6. The second kappa shape index (κ2) is 9.35. The SMILES string of the molecule is COC(=O)N1CCc2ccc3c(nc(C4CCCCC4)n3C[C@H]3CC[C@H](C(=O)O)CC3)c2C1. The highest BCUT2D eigenvalue weighted by Crippen LogP contribution is 2.38. The summed E-state index contributed by atoms with van der Waals surface area (Å²) in [6.07, 6.45) is 10.2. The molecule has 1 aliphatic heterocycles. The van der Waals surface area contributed by atoms with Crippen molar-refractivity contribution in [3.63, 3.8) is 0 Å². The van der Waals surface area contributed by atoms with Gasteiger partial charge in [-0.1, -0.05) is 25.3 Å². The zero-order chi connectivity index (χ0) is 22.9. The number of hydrogen-bond donors (Lipinski definition) is 1. The van der Waals surface area contributed by atoms with Crippen molar-refractivity contribution in [3.05, 3.63) is 29.1 Å². The number of amides is 1. The maximum atomic E-state index is 12.2. The predicted octanol–water partition coefficient (Wildman–Crippen LogP) is 5.10. The van der Waals surface area contributed by atoms with Gasteiger partial charge in [-0.25, -0.2) is 9.78 Å². The van der Waals surface area contributed by atoms with Crippen molar-refractivity contribution in [1.82, 2.24) is 14.5 Å². The van der Waals surface area contributed by atoms with Crippen LogP contribution in [0.25, 0.3) is 11.0 Å². The van der Waals surface area contributed by atoms with Crippen LogP contribution in [0.4, 0.5) is 4.79 Å². The largest absolute Gasteiger partial charge is 0.481 e. The maximum absolute atomic E-state index is 12.2. The van der Waals surface area contributed by atoms with Gasteiger partial charge in [0.1, 0.15) is 5.82 Å². The van der Waals surface area contributed by atoms with Crippen LogP contribution in [0.2, 0.25) is 0 Å². The van der Waals surface area contributed by atoms with Crippen LogP contribution in [0.15, 0.2) is 12.1 Å². The van der Waals surface area contributed by atoms with Gasteiger partial charge in [0.15, 0.2) is 0 Å². The average molecular weight is 454 g/mol. The lowest BCUT2D eigenvalue weighted by molar-refractivity contribution is -0.143. The fraction of sp³-hybridized carbons (Fsp3) is 0.654. The number of carboxylic acids is 1. The molecule has 2 heterocycles. The van der Waals surface area contributed by atoms with E-state index in [9.17, 15) is 14.7 Å². The predicted molar refractivity (Wildman–Crippen MR) is 125 cm³/mol. The third-order valence-electron chi connectivity index (χ3n) is 8.19. The number of carbonyl (C=O) groups is 2. The highest BCUT2D eigenvalue weighted by atomic mass is 16.5. The normalized spacial score (nSPS) is 24.0. The summed E-state index contributed by atoms with van der Waals surface area (Å²) in [7, 11) is 1.44. The maximum Gasteiger partial charge on any atom is 0.409 e. The molecule has 0 unspecified atom stereocenters. The third kappa shape index (κ3) is 4.34. The van der Waals surface area contributed by atoms with Gasteiger partial charge >= 0.3 is 12.1 Å². The quantitative estimate of drug-likeness (QED) is 0.696. The molecule has 5 rings (SSSR count). The topological polar surface area (TPSA) is 84.7 Å². The Balaban J connectivity index is 1.50. The first-order chi connectivity index (χ1) is 16.0. The minimum absolute atomic E-state index is 0.185. The number of hydrogen-bond acceptors (Lipinski definition) is 4. The lowest BCUT2D eigenvalue weighted by Gasteiger charge is -2.29. The molecule has 1 aromatic heterocycles. The molecule has 0 saturated heterocycles. The molecule has 2 saturated carbocycles. The fourth-order valence-corrected chi connectivity index (χ4v) is 6.24. The molecular formula is C26H35N3O4. The second-order valence-corrected chi connectivity index (χ2v) is 10.2. The smallest absolute Gasteiger partial charge is 0.409 e. The van der Waals surface area contributed by atoms with Gasteiger partial charge in [-0.15, -0.1) is 0 Å². The van der Waals surface area contributed by atoms with Crippen molar-refractivity contribution in [2.45, 2.75) is 83.2 Å². The van der Waals surface area contributed by atoms with Crippen LogP contribution in [0.1, 0.15) is 80.7 Å². The Hall–Kier alpha value is -2.57. The molecule has 0 atom stereocenters. The van der Waals surface area contributed by atoms with E-state index in [0.717, 1.165) is 49.7 Å². The number of nitrogens with zero attached hydrogens (tertiary/aromatic N) is 3. The number of carboxylic acid groups (broad SMARTS) is 1.